The highest BCUT2D eigenvalue weighted by atomic mass is 19.4. The summed E-state index contributed by atoms with van der Waals surface area (Å²) >= 11 is 0. The number of carbonyl (C=O) groups is 1. The summed E-state index contributed by atoms with van der Waals surface area (Å²) in [6, 6.07) is 7.00. The summed E-state index contributed by atoms with van der Waals surface area (Å²) in [5.74, 6) is -4.03. The first-order valence-electron chi connectivity index (χ1n) is 8.92. The van der Waals surface area contributed by atoms with Gasteiger partial charge in [0.05, 0.1) is 0 Å². The summed E-state index contributed by atoms with van der Waals surface area (Å²) in [6.07, 6.45) is -2.26. The number of aromatic nitrogens is 1. The van der Waals surface area contributed by atoms with E-state index in [-0.39, 0.29) is 28.9 Å². The van der Waals surface area contributed by atoms with E-state index in [1.54, 1.807) is 18.3 Å². The topological polar surface area (TPSA) is 54.4 Å². The molecule has 0 radical (unpaired) electrons. The minimum Gasteiger partial charge on any atom is -0.309 e. The number of amides is 1. The summed E-state index contributed by atoms with van der Waals surface area (Å²) < 4.78 is 66.0. The molecule has 1 aliphatic heterocycles. The maximum Gasteiger partial charge on any atom is 0.408 e. The first-order valence-corrected chi connectivity index (χ1v) is 8.92. The second-order valence-electron chi connectivity index (χ2n) is 7.29. The minimum atomic E-state index is -4.56. The van der Waals surface area contributed by atoms with Crippen molar-refractivity contribution in [3.05, 3.63) is 64.5 Å². The van der Waals surface area contributed by atoms with Gasteiger partial charge < -0.3 is 5.32 Å². The van der Waals surface area contributed by atoms with E-state index in [2.05, 4.69) is 15.3 Å². The molecule has 0 fully saturated rings. The number of amidine groups is 1. The lowest BCUT2D eigenvalue weighted by Gasteiger charge is -2.36. The zero-order valence-electron chi connectivity index (χ0n) is 15.3. The minimum absolute atomic E-state index is 0.207. The number of hydrogen-bond donors (Lipinski definition) is 1. The first-order chi connectivity index (χ1) is 13.5. The van der Waals surface area contributed by atoms with Crippen molar-refractivity contribution in [1.29, 1.82) is 0 Å². The van der Waals surface area contributed by atoms with Crippen molar-refractivity contribution in [1.82, 2.24) is 10.3 Å². The predicted molar refractivity (Wildman–Crippen MR) is 94.9 cm³/mol. The number of nitrogens with one attached hydrogen (secondary N) is 1. The first kappa shape index (κ1) is 19.5. The molecule has 0 bridgehead atoms. The average molecular weight is 409 g/mol. The SMILES string of the molecule is CC(F)(F)c1ccc2c(c1)[C@@]1(CCc3ncccc31)C(=O)NC2=NCC(F)(F)F. The van der Waals surface area contributed by atoms with Gasteiger partial charge in [-0.1, -0.05) is 18.2 Å². The molecule has 1 aromatic heterocycles. The molecule has 4 rings (SSSR count). The highest BCUT2D eigenvalue weighted by Gasteiger charge is 2.52. The molecular formula is C20H16F5N3O. The van der Waals surface area contributed by atoms with E-state index < -0.39 is 30.0 Å². The molecule has 1 amide bonds. The average Bonchev–Trinajstić information content (AvgIpc) is 3.03. The number of halogens is 5. The van der Waals surface area contributed by atoms with Crippen LogP contribution in [-0.2, 0) is 22.6 Å². The Balaban J connectivity index is 1.96. The summed E-state index contributed by atoms with van der Waals surface area (Å²) in [6.45, 7) is -0.758. The number of alkyl halides is 5. The van der Waals surface area contributed by atoms with Gasteiger partial charge in [0.15, 0.2) is 0 Å². The third-order valence-electron chi connectivity index (χ3n) is 5.36. The summed E-state index contributed by atoms with van der Waals surface area (Å²) in [5, 5.41) is 2.47. The van der Waals surface area contributed by atoms with Crippen LogP contribution >= 0.6 is 0 Å². The van der Waals surface area contributed by atoms with Crippen LogP contribution in [-0.4, -0.2) is 29.4 Å². The Kier molecular flexibility index (Phi) is 4.25. The van der Waals surface area contributed by atoms with Crippen LogP contribution < -0.4 is 5.32 Å². The Hall–Kier alpha value is -2.84. The number of aryl methyl sites for hydroxylation is 1. The molecule has 4 nitrogen and oxygen atoms in total. The molecule has 2 aliphatic rings. The molecule has 0 saturated carbocycles. The third-order valence-corrected chi connectivity index (χ3v) is 5.36. The molecule has 1 aromatic carbocycles. The summed E-state index contributed by atoms with van der Waals surface area (Å²) in [5.41, 5.74) is 0.0599. The fourth-order valence-electron chi connectivity index (χ4n) is 4.06. The van der Waals surface area contributed by atoms with Crippen LogP contribution in [0.3, 0.4) is 0 Å². The van der Waals surface area contributed by atoms with E-state index in [1.165, 1.54) is 12.1 Å². The Morgan fingerprint density at radius 1 is 1.17 bits per heavy atom. The van der Waals surface area contributed by atoms with Gasteiger partial charge in [-0.25, -0.2) is 8.78 Å². The van der Waals surface area contributed by atoms with Crippen molar-refractivity contribution in [2.24, 2.45) is 4.99 Å². The smallest absolute Gasteiger partial charge is 0.309 e. The maximum absolute atomic E-state index is 14.0. The summed E-state index contributed by atoms with van der Waals surface area (Å²) in [7, 11) is 0. The highest BCUT2D eigenvalue weighted by molar-refractivity contribution is 6.17. The normalized spacial score (nSPS) is 22.6. The quantitative estimate of drug-likeness (QED) is 0.766. The van der Waals surface area contributed by atoms with Crippen molar-refractivity contribution < 1.29 is 26.7 Å². The van der Waals surface area contributed by atoms with Crippen LogP contribution in [0.4, 0.5) is 22.0 Å². The molecule has 1 aliphatic carbocycles. The number of hydrogen-bond acceptors (Lipinski definition) is 3. The molecule has 9 heteroatoms. The van der Waals surface area contributed by atoms with Gasteiger partial charge >= 0.3 is 6.18 Å². The molecule has 1 spiro atoms. The van der Waals surface area contributed by atoms with Gasteiger partial charge in [-0.3, -0.25) is 14.8 Å². The zero-order valence-corrected chi connectivity index (χ0v) is 15.3. The Bertz CT molecular complexity index is 1030. The number of fused-ring (bicyclic) bond motifs is 4. The van der Waals surface area contributed by atoms with Gasteiger partial charge in [0.2, 0.25) is 5.91 Å². The molecular weight excluding hydrogens is 393 g/mol. The summed E-state index contributed by atoms with van der Waals surface area (Å²) in [4.78, 5) is 20.9. The number of benzene rings is 1. The number of nitrogens with zero attached hydrogens (tertiary/aromatic N) is 2. The van der Waals surface area contributed by atoms with Crippen molar-refractivity contribution in [2.75, 3.05) is 6.54 Å². The van der Waals surface area contributed by atoms with Crippen LogP contribution in [0.25, 0.3) is 0 Å². The number of pyridine rings is 1. The van der Waals surface area contributed by atoms with Gasteiger partial charge in [0.25, 0.3) is 5.92 Å². The van der Waals surface area contributed by atoms with Crippen molar-refractivity contribution >= 4 is 11.7 Å². The number of carbonyl (C=O) groups excluding carboxylic acids is 1. The van der Waals surface area contributed by atoms with E-state index in [4.69, 9.17) is 0 Å². The van der Waals surface area contributed by atoms with Gasteiger partial charge in [-0.2, -0.15) is 13.2 Å². The molecule has 152 valence electrons. The lowest BCUT2D eigenvalue weighted by Crippen LogP contribution is -2.52. The molecule has 29 heavy (non-hydrogen) atoms. The fourth-order valence-corrected chi connectivity index (χ4v) is 4.06. The molecule has 1 atom stereocenters. The van der Waals surface area contributed by atoms with Crippen molar-refractivity contribution in [2.45, 2.75) is 37.3 Å². The number of rotatable bonds is 2. The van der Waals surface area contributed by atoms with E-state index in [0.717, 1.165) is 13.0 Å². The van der Waals surface area contributed by atoms with Crippen LogP contribution in [0.1, 0.15) is 41.3 Å². The molecule has 1 N–H and O–H groups in total. The predicted octanol–water partition coefficient (Wildman–Crippen LogP) is 3.86. The molecule has 2 heterocycles. The standard InChI is InChI=1S/C20H16F5N3O/c1-18(21,22)11-4-5-12-14(9-11)19(7-6-15-13(19)3-2-8-26-15)17(29)28-16(12)27-10-20(23,24)25/h2-5,8-9H,6-7,10H2,1H3,(H,27,28,29)/t19-/m0/s1. The largest absolute Gasteiger partial charge is 0.408 e. The fraction of sp³-hybridized carbons (Fsp3) is 0.350. The third kappa shape index (κ3) is 3.18. The monoisotopic (exact) mass is 409 g/mol. The van der Waals surface area contributed by atoms with Crippen LogP contribution in [0.2, 0.25) is 0 Å². The Labute approximate surface area is 162 Å². The molecule has 0 unspecified atom stereocenters. The molecule has 0 saturated heterocycles. The van der Waals surface area contributed by atoms with Crippen molar-refractivity contribution in [3.8, 4) is 0 Å². The van der Waals surface area contributed by atoms with E-state index in [0.29, 0.717) is 17.7 Å². The van der Waals surface area contributed by atoms with Gasteiger partial charge in [-0.05, 0) is 36.1 Å². The van der Waals surface area contributed by atoms with Crippen LogP contribution in [0.5, 0.6) is 0 Å². The van der Waals surface area contributed by atoms with Gasteiger partial charge in [-0.15, -0.1) is 0 Å². The van der Waals surface area contributed by atoms with Crippen molar-refractivity contribution in [3.63, 3.8) is 0 Å². The Morgan fingerprint density at radius 2 is 1.93 bits per heavy atom. The second kappa shape index (κ2) is 6.33. The highest BCUT2D eigenvalue weighted by Crippen LogP contribution is 2.47. The van der Waals surface area contributed by atoms with Gasteiger partial charge in [0.1, 0.15) is 17.8 Å². The van der Waals surface area contributed by atoms with E-state index >= 15 is 0 Å². The van der Waals surface area contributed by atoms with Gasteiger partial charge in [0, 0.05) is 29.9 Å². The maximum atomic E-state index is 14.0. The lowest BCUT2D eigenvalue weighted by atomic mass is 9.70. The van der Waals surface area contributed by atoms with Crippen LogP contribution in [0, 0.1) is 0 Å². The zero-order chi connectivity index (χ0) is 21.0. The second-order valence-corrected chi connectivity index (χ2v) is 7.29. The Morgan fingerprint density at radius 3 is 2.62 bits per heavy atom. The number of aliphatic imine (C=N–C) groups is 1. The molecule has 2 aromatic rings. The van der Waals surface area contributed by atoms with E-state index in [1.807, 2.05) is 0 Å². The van der Waals surface area contributed by atoms with E-state index in [9.17, 15) is 26.7 Å². The lowest BCUT2D eigenvalue weighted by molar-refractivity contribution is -0.124. The van der Waals surface area contributed by atoms with Crippen LogP contribution in [0.15, 0.2) is 41.5 Å².